The van der Waals surface area contributed by atoms with Crippen molar-refractivity contribution >= 4 is 46.9 Å². The molecule has 0 saturated heterocycles. The molecule has 2 saturated carbocycles. The Balaban J connectivity index is 0.00000186. The van der Waals surface area contributed by atoms with Gasteiger partial charge in [0.05, 0.1) is 0 Å². The summed E-state index contributed by atoms with van der Waals surface area (Å²) in [4.78, 5) is 110. The van der Waals surface area contributed by atoms with E-state index in [1.165, 1.54) is 12.8 Å². The molecule has 272 valence electrons. The Hall–Kier alpha value is 1.27. The molecule has 0 aromatic carbocycles. The van der Waals surface area contributed by atoms with Gasteiger partial charge in [0, 0.05) is 12.1 Å². The summed E-state index contributed by atoms with van der Waals surface area (Å²) < 4.78 is 93.1. The molecular weight excluding hydrogens is 937 g/mol. The van der Waals surface area contributed by atoms with Crippen molar-refractivity contribution < 1.29 is 134 Å². The summed E-state index contributed by atoms with van der Waals surface area (Å²) in [5, 5.41) is 0. The molecule has 0 aromatic rings. The zero-order valence-corrected chi connectivity index (χ0v) is 29.5. The van der Waals surface area contributed by atoms with Crippen LogP contribution in [0, 0.1) is 0 Å². The van der Waals surface area contributed by atoms with E-state index in [1.54, 1.807) is 0 Å². The Morgan fingerprint density at radius 2 is 0.511 bits per heavy atom. The SMILES string of the molecule is N[C@@H]1CCCC[C@H]1N.O=P(O)(O)OC1C(OP(=O)(O)O)C(OP(=O)(O)O)C(OP(=O)(O)O)C(OP(=O)(O)O)C1OP(=O)(O)O.[Pt+2]. The first-order valence-corrected chi connectivity index (χ1v) is 20.5. The van der Waals surface area contributed by atoms with E-state index < -0.39 is 83.6 Å². The quantitative estimate of drug-likeness (QED) is 0.0871. The van der Waals surface area contributed by atoms with Gasteiger partial charge in [0.1, 0.15) is 36.6 Å². The normalized spacial score (nSPS) is 30.5. The molecule has 33 heteroatoms. The minimum atomic E-state index is -6.02. The van der Waals surface area contributed by atoms with Crippen LogP contribution in [0.3, 0.4) is 0 Å². The monoisotopic (exact) mass is 969 g/mol. The molecule has 2 aliphatic carbocycles. The Morgan fingerprint density at radius 1 is 0.378 bits per heavy atom. The minimum Gasteiger partial charge on any atom is -0.326 e. The molecule has 45 heavy (non-hydrogen) atoms. The molecule has 0 spiro atoms. The van der Waals surface area contributed by atoms with Crippen molar-refractivity contribution in [2.75, 3.05) is 0 Å². The van der Waals surface area contributed by atoms with Crippen molar-refractivity contribution in [3.63, 3.8) is 0 Å². The van der Waals surface area contributed by atoms with Gasteiger partial charge < -0.3 is 70.2 Å². The van der Waals surface area contributed by atoms with Crippen LogP contribution >= 0.6 is 46.9 Å². The Morgan fingerprint density at radius 3 is 0.600 bits per heavy atom. The molecule has 0 bridgehead atoms. The standard InChI is InChI=1S/C6H14N2.C6H18O24P6.Pt/c7-5-3-1-2-4-6(5)8;7-31(8,9)25-1-2(26-32(10,11)12)4(28-34(16,17)18)6(30-36(22,23)24)5(29-35(19,20)21)3(1)27-33(13,14)15;/h5-6H,1-4,7-8H2;1-6H,(H2,7,8,9)(H2,10,11,12)(H2,13,14,15)(H2,16,17,18)(H2,19,20,21)(H2,22,23,24);/q;;+2/t5-,6-;;/m1../s1. The zero-order valence-electron chi connectivity index (χ0n) is 21.9. The molecule has 0 radical (unpaired) electrons. The van der Waals surface area contributed by atoms with E-state index in [0.717, 1.165) is 12.8 Å². The van der Waals surface area contributed by atoms with Gasteiger partial charge in [-0.2, -0.15) is 0 Å². The summed E-state index contributed by atoms with van der Waals surface area (Å²) in [6, 6.07) is 0.562. The van der Waals surface area contributed by atoms with Gasteiger partial charge in [0.2, 0.25) is 0 Å². The zero-order chi connectivity index (χ0) is 34.7. The van der Waals surface area contributed by atoms with Gasteiger partial charge in [0.15, 0.2) is 0 Å². The predicted molar refractivity (Wildman–Crippen MR) is 136 cm³/mol. The Labute approximate surface area is 266 Å². The summed E-state index contributed by atoms with van der Waals surface area (Å²) in [5.41, 5.74) is 11.3. The van der Waals surface area contributed by atoms with Crippen LogP contribution < -0.4 is 11.5 Å². The third kappa shape index (κ3) is 19.3. The molecule has 0 heterocycles. The van der Waals surface area contributed by atoms with E-state index in [9.17, 15) is 27.4 Å². The number of hydrogen-bond donors (Lipinski definition) is 14. The summed E-state index contributed by atoms with van der Waals surface area (Å²) in [7, 11) is -36.1. The molecule has 0 aliphatic heterocycles. The molecule has 26 nitrogen and oxygen atoms in total. The van der Waals surface area contributed by atoms with Gasteiger partial charge in [0.25, 0.3) is 0 Å². The molecule has 2 fully saturated rings. The van der Waals surface area contributed by atoms with Crippen LogP contribution in [0.25, 0.3) is 0 Å². The second-order valence-electron chi connectivity index (χ2n) is 8.98. The first-order chi connectivity index (χ1) is 19.4. The number of rotatable bonds is 12. The van der Waals surface area contributed by atoms with Crippen LogP contribution in [0.15, 0.2) is 0 Å². The fraction of sp³-hybridized carbons (Fsp3) is 1.00. The fourth-order valence-corrected chi connectivity index (χ4v) is 7.32. The summed E-state index contributed by atoms with van der Waals surface area (Å²) in [6.45, 7) is 0. The summed E-state index contributed by atoms with van der Waals surface area (Å²) in [6.07, 6.45) is -14.1. The van der Waals surface area contributed by atoms with Crippen molar-refractivity contribution in [2.24, 2.45) is 11.5 Å². The Bertz CT molecular complexity index is 998. The van der Waals surface area contributed by atoms with E-state index in [4.69, 9.17) is 70.2 Å². The van der Waals surface area contributed by atoms with E-state index in [1.807, 2.05) is 0 Å². The van der Waals surface area contributed by atoms with Crippen LogP contribution in [0.5, 0.6) is 0 Å². The largest absolute Gasteiger partial charge is 2.00 e. The van der Waals surface area contributed by atoms with Crippen LogP contribution in [0.4, 0.5) is 0 Å². The maximum Gasteiger partial charge on any atom is 2.00 e. The first-order valence-electron chi connectivity index (χ1n) is 11.3. The Kier molecular flexibility index (Phi) is 18.0. The van der Waals surface area contributed by atoms with Crippen molar-refractivity contribution in [3.05, 3.63) is 0 Å². The van der Waals surface area contributed by atoms with Gasteiger partial charge >= 0.3 is 68.0 Å². The van der Waals surface area contributed by atoms with Gasteiger partial charge in [-0.1, -0.05) is 12.8 Å². The smallest absolute Gasteiger partial charge is 0.326 e. The van der Waals surface area contributed by atoms with Gasteiger partial charge in [-0.3, -0.25) is 27.1 Å². The van der Waals surface area contributed by atoms with Crippen LogP contribution in [0.1, 0.15) is 25.7 Å². The predicted octanol–water partition coefficient (Wildman–Crippen LogP) is -2.92. The average Bonchev–Trinajstić information content (AvgIpc) is 2.73. The van der Waals surface area contributed by atoms with Gasteiger partial charge in [-0.15, -0.1) is 0 Å². The maximum atomic E-state index is 11.4. The first kappa shape index (κ1) is 46.3. The van der Waals surface area contributed by atoms with Crippen molar-refractivity contribution in [1.29, 1.82) is 0 Å². The molecule has 0 aromatic heterocycles. The topological polar surface area (TPSA) is 453 Å². The summed E-state index contributed by atoms with van der Waals surface area (Å²) >= 11 is 0. The number of phosphoric ester groups is 6. The van der Waals surface area contributed by atoms with Crippen LogP contribution in [-0.4, -0.2) is 107 Å². The van der Waals surface area contributed by atoms with E-state index in [0.29, 0.717) is 0 Å². The second-order valence-corrected chi connectivity index (χ2v) is 16.1. The minimum absolute atomic E-state index is 0. The maximum absolute atomic E-state index is 11.4. The number of hydrogen-bond acceptors (Lipinski definition) is 14. The second kappa shape index (κ2) is 17.5. The van der Waals surface area contributed by atoms with E-state index in [-0.39, 0.29) is 33.1 Å². The van der Waals surface area contributed by atoms with Crippen molar-refractivity contribution in [3.8, 4) is 0 Å². The molecule has 0 amide bonds. The van der Waals surface area contributed by atoms with Crippen LogP contribution in [0.2, 0.25) is 0 Å². The molecule has 2 aliphatic rings. The fourth-order valence-electron chi connectivity index (χ4n) is 3.98. The third-order valence-electron chi connectivity index (χ3n) is 5.37. The van der Waals surface area contributed by atoms with E-state index in [2.05, 4.69) is 27.1 Å². The van der Waals surface area contributed by atoms with Crippen LogP contribution in [-0.2, 0) is 75.6 Å². The van der Waals surface area contributed by atoms with Crippen molar-refractivity contribution in [2.45, 2.75) is 74.4 Å². The molecule has 16 N–H and O–H groups in total. The number of nitrogens with two attached hydrogens (primary N) is 2. The van der Waals surface area contributed by atoms with Gasteiger partial charge in [-0.25, -0.2) is 27.4 Å². The van der Waals surface area contributed by atoms with E-state index >= 15 is 0 Å². The molecular formula is C12H32N2O24P6Pt+2. The average molecular weight is 969 g/mol. The molecule has 2 rings (SSSR count). The molecule has 0 unspecified atom stereocenters. The number of phosphoric acid groups is 6. The third-order valence-corrected chi connectivity index (χ3v) is 8.48. The summed E-state index contributed by atoms with van der Waals surface area (Å²) in [5.74, 6) is 0. The van der Waals surface area contributed by atoms with Gasteiger partial charge in [-0.05, 0) is 12.8 Å². The molecule has 2 atom stereocenters. The van der Waals surface area contributed by atoms with Crippen molar-refractivity contribution in [1.82, 2.24) is 0 Å².